The van der Waals surface area contributed by atoms with Gasteiger partial charge in [0.25, 0.3) is 5.56 Å². The Morgan fingerprint density at radius 3 is 2.35 bits per heavy atom. The molecule has 3 atom stereocenters. The number of hydrogen-bond donors (Lipinski definition) is 2. The molecule has 3 unspecified atom stereocenters. The van der Waals surface area contributed by atoms with Crippen LogP contribution in [0.5, 0.6) is 0 Å². The third-order valence-electron chi connectivity index (χ3n) is 5.32. The van der Waals surface area contributed by atoms with Crippen molar-refractivity contribution in [2.24, 2.45) is 0 Å². The molecule has 31 heavy (non-hydrogen) atoms. The third kappa shape index (κ3) is 5.13. The Kier molecular flexibility index (Phi) is 6.36. The van der Waals surface area contributed by atoms with Gasteiger partial charge in [-0.1, -0.05) is 12.1 Å². The summed E-state index contributed by atoms with van der Waals surface area (Å²) in [4.78, 5) is 37.1. The minimum Gasteiger partial charge on any atom is -0.390 e. The number of aryl methyl sites for hydroxylation is 1. The van der Waals surface area contributed by atoms with Gasteiger partial charge in [0.1, 0.15) is 6.23 Å². The van der Waals surface area contributed by atoms with Crippen LogP contribution in [0.2, 0.25) is 0 Å². The number of nitrogens with one attached hydrogen (secondary N) is 1. The minimum atomic E-state index is -0.751. The molecular weight excluding hydrogens is 398 g/mol. The molecule has 3 aromatic rings. The Morgan fingerprint density at radius 1 is 1.13 bits per heavy atom. The maximum atomic E-state index is 12.2. The zero-order chi connectivity index (χ0) is 21.8. The highest BCUT2D eigenvalue weighted by atomic mass is 16.5. The van der Waals surface area contributed by atoms with Gasteiger partial charge in [0.2, 0.25) is 0 Å². The summed E-state index contributed by atoms with van der Waals surface area (Å²) in [6.45, 7) is 3.18. The van der Waals surface area contributed by atoms with Gasteiger partial charge in [-0.3, -0.25) is 29.2 Å². The minimum absolute atomic E-state index is 0.261. The van der Waals surface area contributed by atoms with E-state index in [1.54, 1.807) is 19.3 Å². The maximum Gasteiger partial charge on any atom is 0.330 e. The molecule has 0 radical (unpaired) electrons. The smallest absolute Gasteiger partial charge is 0.330 e. The SMILES string of the molecule is Cc1cn(C2CC(O)C(CN(Cc3ccccn3)Cc3ccccn3)O2)c(=O)[nH]c1=O. The second kappa shape index (κ2) is 9.34. The van der Waals surface area contributed by atoms with Crippen molar-refractivity contribution >= 4 is 0 Å². The molecule has 0 saturated carbocycles. The summed E-state index contributed by atoms with van der Waals surface area (Å²) in [5, 5.41) is 10.6. The molecule has 9 heteroatoms. The zero-order valence-electron chi connectivity index (χ0n) is 17.2. The zero-order valence-corrected chi connectivity index (χ0v) is 17.2. The number of aliphatic hydroxyl groups is 1. The topological polar surface area (TPSA) is 113 Å². The van der Waals surface area contributed by atoms with Crippen LogP contribution in [0.25, 0.3) is 0 Å². The Balaban J connectivity index is 1.51. The van der Waals surface area contributed by atoms with E-state index < -0.39 is 29.7 Å². The van der Waals surface area contributed by atoms with E-state index in [0.29, 0.717) is 25.2 Å². The van der Waals surface area contributed by atoms with E-state index in [0.717, 1.165) is 11.4 Å². The predicted octanol–water partition coefficient (Wildman–Crippen LogP) is 0.986. The van der Waals surface area contributed by atoms with Crippen molar-refractivity contribution in [3.8, 4) is 0 Å². The molecule has 0 aliphatic carbocycles. The molecule has 0 bridgehead atoms. The van der Waals surface area contributed by atoms with E-state index in [4.69, 9.17) is 4.74 Å². The monoisotopic (exact) mass is 423 g/mol. The van der Waals surface area contributed by atoms with Crippen LogP contribution in [-0.4, -0.2) is 48.3 Å². The standard InChI is InChI=1S/C22H25N5O4/c1-15-11-27(22(30)25-21(15)29)20-10-18(28)19(31-20)14-26(12-16-6-2-4-8-23-16)13-17-7-3-5-9-24-17/h2-9,11,18-20,28H,10,12-14H2,1H3,(H,25,29,30). The van der Waals surface area contributed by atoms with Gasteiger partial charge in [0.15, 0.2) is 0 Å². The second-order valence-electron chi connectivity index (χ2n) is 7.72. The van der Waals surface area contributed by atoms with E-state index >= 15 is 0 Å². The van der Waals surface area contributed by atoms with E-state index in [1.165, 1.54) is 10.8 Å². The summed E-state index contributed by atoms with van der Waals surface area (Å²) < 4.78 is 7.38. The number of hydrogen-bond acceptors (Lipinski definition) is 7. The van der Waals surface area contributed by atoms with Crippen LogP contribution < -0.4 is 11.2 Å². The van der Waals surface area contributed by atoms with Gasteiger partial charge < -0.3 is 9.84 Å². The molecule has 0 amide bonds. The van der Waals surface area contributed by atoms with Crippen LogP contribution in [0.4, 0.5) is 0 Å². The van der Waals surface area contributed by atoms with E-state index in [9.17, 15) is 14.7 Å². The molecule has 1 saturated heterocycles. The highest BCUT2D eigenvalue weighted by molar-refractivity contribution is 5.07. The normalized spacial score (nSPS) is 20.9. The number of nitrogens with zero attached hydrogens (tertiary/aromatic N) is 4. The summed E-state index contributed by atoms with van der Waals surface area (Å²) in [5.74, 6) is 0. The molecule has 1 aliphatic heterocycles. The van der Waals surface area contributed by atoms with Gasteiger partial charge >= 0.3 is 5.69 Å². The van der Waals surface area contributed by atoms with Crippen LogP contribution >= 0.6 is 0 Å². The Labute approximate surface area is 179 Å². The van der Waals surface area contributed by atoms with Crippen LogP contribution in [0.3, 0.4) is 0 Å². The van der Waals surface area contributed by atoms with Crippen LogP contribution in [0, 0.1) is 6.92 Å². The second-order valence-corrected chi connectivity index (χ2v) is 7.72. The van der Waals surface area contributed by atoms with Gasteiger partial charge in [0.05, 0.1) is 23.6 Å². The number of ether oxygens (including phenoxy) is 1. The average Bonchev–Trinajstić information content (AvgIpc) is 3.12. The summed E-state index contributed by atoms with van der Waals surface area (Å²) in [7, 11) is 0. The summed E-state index contributed by atoms with van der Waals surface area (Å²) in [5.41, 5.74) is 1.23. The third-order valence-corrected chi connectivity index (χ3v) is 5.32. The van der Waals surface area contributed by atoms with Crippen molar-refractivity contribution in [3.05, 3.63) is 92.8 Å². The number of aromatic nitrogens is 4. The molecule has 1 fully saturated rings. The van der Waals surface area contributed by atoms with Gasteiger partial charge in [-0.2, -0.15) is 0 Å². The quantitative estimate of drug-likeness (QED) is 0.582. The lowest BCUT2D eigenvalue weighted by Crippen LogP contribution is -2.37. The number of aromatic amines is 1. The molecule has 0 aromatic carbocycles. The number of rotatable bonds is 7. The molecule has 2 N–H and O–H groups in total. The first-order valence-electron chi connectivity index (χ1n) is 10.2. The fourth-order valence-corrected chi connectivity index (χ4v) is 3.73. The Hall–Kier alpha value is -3.14. The van der Waals surface area contributed by atoms with Crippen molar-refractivity contribution in [3.63, 3.8) is 0 Å². The molecule has 3 aromatic heterocycles. The van der Waals surface area contributed by atoms with Crippen molar-refractivity contribution in [2.75, 3.05) is 6.54 Å². The summed E-state index contributed by atoms with van der Waals surface area (Å²) >= 11 is 0. The molecule has 162 valence electrons. The van der Waals surface area contributed by atoms with E-state index in [2.05, 4.69) is 19.9 Å². The van der Waals surface area contributed by atoms with Crippen molar-refractivity contribution in [1.82, 2.24) is 24.4 Å². The summed E-state index contributed by atoms with van der Waals surface area (Å²) in [6.07, 6.45) is 3.33. The first kappa shape index (κ1) is 21.1. The van der Waals surface area contributed by atoms with Gasteiger partial charge in [-0.15, -0.1) is 0 Å². The Bertz CT molecular complexity index is 1070. The van der Waals surface area contributed by atoms with Crippen LogP contribution in [0.15, 0.2) is 64.6 Å². The summed E-state index contributed by atoms with van der Waals surface area (Å²) in [6, 6.07) is 11.5. The lowest BCUT2D eigenvalue weighted by molar-refractivity contribution is -0.0389. The average molecular weight is 423 g/mol. The number of H-pyrrole nitrogens is 1. The lowest BCUT2D eigenvalue weighted by atomic mass is 10.1. The van der Waals surface area contributed by atoms with Crippen LogP contribution in [0.1, 0.15) is 29.6 Å². The van der Waals surface area contributed by atoms with E-state index in [-0.39, 0.29) is 6.42 Å². The highest BCUT2D eigenvalue weighted by Gasteiger charge is 2.36. The molecule has 9 nitrogen and oxygen atoms in total. The highest BCUT2D eigenvalue weighted by Crippen LogP contribution is 2.28. The first-order chi connectivity index (χ1) is 15.0. The first-order valence-corrected chi connectivity index (χ1v) is 10.2. The van der Waals surface area contributed by atoms with Crippen molar-refractivity contribution in [2.45, 2.75) is 44.9 Å². The Morgan fingerprint density at radius 2 is 1.77 bits per heavy atom. The number of pyridine rings is 2. The van der Waals surface area contributed by atoms with E-state index in [1.807, 2.05) is 36.4 Å². The van der Waals surface area contributed by atoms with Gasteiger partial charge in [0, 0.05) is 50.2 Å². The van der Waals surface area contributed by atoms with Crippen LogP contribution in [-0.2, 0) is 17.8 Å². The molecule has 1 aliphatic rings. The van der Waals surface area contributed by atoms with Crippen molar-refractivity contribution < 1.29 is 9.84 Å². The van der Waals surface area contributed by atoms with Gasteiger partial charge in [-0.05, 0) is 31.2 Å². The fourth-order valence-electron chi connectivity index (χ4n) is 3.73. The van der Waals surface area contributed by atoms with Crippen molar-refractivity contribution in [1.29, 1.82) is 0 Å². The molecule has 4 heterocycles. The fraction of sp³-hybridized carbons (Fsp3) is 0.364. The van der Waals surface area contributed by atoms with Gasteiger partial charge in [-0.25, -0.2) is 4.79 Å². The lowest BCUT2D eigenvalue weighted by Gasteiger charge is -2.26. The molecule has 4 rings (SSSR count). The molecule has 0 spiro atoms. The largest absolute Gasteiger partial charge is 0.390 e. The predicted molar refractivity (Wildman–Crippen MR) is 113 cm³/mol. The maximum absolute atomic E-state index is 12.2. The number of aliphatic hydroxyl groups excluding tert-OH is 1. The molecular formula is C22H25N5O4.